The molecule has 112 heavy (non-hydrogen) atoms. The zero-order valence-electron chi connectivity index (χ0n) is 62.9. The van der Waals surface area contributed by atoms with Gasteiger partial charge in [0, 0.05) is 74.2 Å². The molecule has 558 valence electrons. The van der Waals surface area contributed by atoms with Crippen LogP contribution in [0.1, 0.15) is 165 Å². The molecule has 0 unspecified atom stereocenters. The van der Waals surface area contributed by atoms with Gasteiger partial charge in [0.15, 0.2) is 51.7 Å². The van der Waals surface area contributed by atoms with Crippen molar-refractivity contribution >= 4 is 52.2 Å². The molecule has 5 aromatic heterocycles. The summed E-state index contributed by atoms with van der Waals surface area (Å²) in [7, 11) is 0. The molecule has 0 amide bonds. The topological polar surface area (TPSA) is 328 Å². The number of Topliss-reactive ketones (excluding diaryl/α,β-unsaturated/α-hetero) is 4. The first kappa shape index (κ1) is 80.1. The molecule has 0 saturated carbocycles. The number of aromatic carboxylic acids is 1. The van der Waals surface area contributed by atoms with E-state index in [1.54, 1.807) is 26.0 Å². The Kier molecular flexibility index (Phi) is 27.1. The molecule has 0 saturated heterocycles. The van der Waals surface area contributed by atoms with Gasteiger partial charge in [0.05, 0.1) is 39.8 Å². The van der Waals surface area contributed by atoms with E-state index in [0.717, 1.165) is 94.4 Å². The van der Waals surface area contributed by atoms with Gasteiger partial charge in [-0.05, 0) is 177 Å². The number of carboxylic acids is 1. The van der Waals surface area contributed by atoms with Crippen molar-refractivity contribution < 1.29 is 56.4 Å². The summed E-state index contributed by atoms with van der Waals surface area (Å²) in [6, 6.07) is 78.0. The van der Waals surface area contributed by atoms with E-state index in [1.165, 1.54) is 39.5 Å². The minimum atomic E-state index is -1.07. The smallest absolute Gasteiger partial charge is 0.359 e. The maximum atomic E-state index is 11.6. The van der Waals surface area contributed by atoms with Crippen LogP contribution in [0.2, 0.25) is 0 Å². The average Bonchev–Trinajstić information content (AvgIpc) is 1.47. The van der Waals surface area contributed by atoms with Crippen molar-refractivity contribution in [2.45, 2.75) is 98.3 Å². The summed E-state index contributed by atoms with van der Waals surface area (Å²) in [5, 5.41) is 57.6. The van der Waals surface area contributed by atoms with E-state index in [0.29, 0.717) is 92.4 Å². The Balaban J connectivity index is 0.000000149. The normalized spacial score (nSPS) is 10.4. The maximum Gasteiger partial charge on any atom is 0.359 e. The Labute approximate surface area is 650 Å². The van der Waals surface area contributed by atoms with Crippen LogP contribution in [0.3, 0.4) is 0 Å². The van der Waals surface area contributed by atoms with Gasteiger partial charge in [-0.3, -0.25) is 19.2 Å². The van der Waals surface area contributed by atoms with Crippen molar-refractivity contribution in [2.24, 2.45) is 0 Å². The Morgan fingerprint density at radius 2 is 0.732 bits per heavy atom. The van der Waals surface area contributed by atoms with Crippen LogP contribution in [0, 0.1) is 75.5 Å². The van der Waals surface area contributed by atoms with Crippen molar-refractivity contribution in [3.8, 4) is 63.1 Å². The Morgan fingerprint density at radius 1 is 0.384 bits per heavy atom. The van der Waals surface area contributed by atoms with Crippen LogP contribution in [0.15, 0.2) is 257 Å². The largest absolute Gasteiger partial charge is 0.476 e. The number of carboxylic acid groups (broad SMARTS) is 1. The van der Waals surface area contributed by atoms with Gasteiger partial charge in [0.25, 0.3) is 0 Å². The van der Waals surface area contributed by atoms with E-state index in [4.69, 9.17) is 48.2 Å². The summed E-state index contributed by atoms with van der Waals surface area (Å²) in [6.07, 6.45) is 1.83. The second-order valence-corrected chi connectivity index (χ2v) is 26.9. The third kappa shape index (κ3) is 21.3. The summed E-state index contributed by atoms with van der Waals surface area (Å²) in [5.74, 6) is 3.20. The molecule has 21 nitrogen and oxygen atoms in total. The lowest BCUT2D eigenvalue weighted by Crippen LogP contribution is -2.00. The van der Waals surface area contributed by atoms with Crippen LogP contribution in [0.25, 0.3) is 33.4 Å². The molecular formula is C90H75N9O12S. The third-order valence-corrected chi connectivity index (χ3v) is 18.7. The fraction of sp³-hybridized carbons (Fsp3) is 0.144. The molecule has 0 fully saturated rings. The number of carbonyl (C=O) groups is 5. The van der Waals surface area contributed by atoms with Crippen LogP contribution < -0.4 is 10.1 Å². The molecule has 0 atom stereocenters. The molecule has 0 spiro atoms. The Bertz CT molecular complexity index is 5610. The molecule has 0 aliphatic carbocycles. The third-order valence-electron chi connectivity index (χ3n) is 17.5. The number of rotatable bonds is 20. The molecule has 14 aromatic rings. The number of ketones is 4. The summed E-state index contributed by atoms with van der Waals surface area (Å²) in [4.78, 5) is 58.9. The average molecular weight is 1510 g/mol. The lowest BCUT2D eigenvalue weighted by Gasteiger charge is -2.08. The molecule has 0 bridgehead atoms. The number of anilines is 2. The van der Waals surface area contributed by atoms with Crippen LogP contribution in [-0.2, 0) is 19.3 Å². The summed E-state index contributed by atoms with van der Waals surface area (Å²) >= 11 is 1.35. The van der Waals surface area contributed by atoms with E-state index in [9.17, 15) is 24.0 Å². The highest BCUT2D eigenvalue weighted by molar-refractivity contribution is 7.99. The van der Waals surface area contributed by atoms with Gasteiger partial charge in [-0.15, -0.1) is 0 Å². The molecule has 14 rings (SSSR count). The second kappa shape index (κ2) is 37.9. The number of para-hydroxylation sites is 1. The molecule has 22 heteroatoms. The minimum Gasteiger partial charge on any atom is -0.476 e. The van der Waals surface area contributed by atoms with Crippen molar-refractivity contribution in [1.29, 1.82) is 15.8 Å². The van der Waals surface area contributed by atoms with Crippen LogP contribution >= 0.6 is 11.8 Å². The van der Waals surface area contributed by atoms with E-state index < -0.39 is 5.97 Å². The van der Waals surface area contributed by atoms with Gasteiger partial charge in [0.1, 0.15) is 40.2 Å². The number of aryl methyl sites for hydroxylation is 6. The van der Waals surface area contributed by atoms with E-state index in [1.807, 2.05) is 240 Å². The van der Waals surface area contributed by atoms with Crippen LogP contribution in [-0.4, -0.2) is 60.0 Å². The van der Waals surface area contributed by atoms with Crippen molar-refractivity contribution in [2.75, 3.05) is 5.32 Å². The van der Waals surface area contributed by atoms with Gasteiger partial charge in [-0.25, -0.2) is 4.79 Å². The quantitative estimate of drug-likeness (QED) is 0.0669. The van der Waals surface area contributed by atoms with Gasteiger partial charge in [-0.1, -0.05) is 183 Å². The molecule has 9 aromatic carbocycles. The number of ether oxygens (including phenoxy) is 1. The number of hydrogen-bond donors (Lipinski definition) is 2. The van der Waals surface area contributed by atoms with Gasteiger partial charge >= 0.3 is 5.97 Å². The molecule has 5 heterocycles. The lowest BCUT2D eigenvalue weighted by molar-refractivity contribution is 0.0681. The molecular weight excluding hydrogens is 1430 g/mol. The summed E-state index contributed by atoms with van der Waals surface area (Å²) < 4.78 is 31.2. The van der Waals surface area contributed by atoms with E-state index in [2.05, 4.69) is 49.3 Å². The maximum absolute atomic E-state index is 11.6. The first-order chi connectivity index (χ1) is 53.9. The predicted octanol–water partition coefficient (Wildman–Crippen LogP) is 20.8. The monoisotopic (exact) mass is 1510 g/mol. The highest BCUT2D eigenvalue weighted by Crippen LogP contribution is 2.35. The predicted molar refractivity (Wildman–Crippen MR) is 423 cm³/mol. The minimum absolute atomic E-state index is 0.0342. The summed E-state index contributed by atoms with van der Waals surface area (Å²) in [6.45, 7) is 16.9. The number of carbonyl (C=O) groups excluding carboxylic acids is 4. The zero-order chi connectivity index (χ0) is 80.0. The van der Waals surface area contributed by atoms with Gasteiger partial charge in [0.2, 0.25) is 5.69 Å². The lowest BCUT2D eigenvalue weighted by atomic mass is 9.98. The number of nitriles is 3. The number of hydrogen-bond acceptors (Lipinski definition) is 21. The highest BCUT2D eigenvalue weighted by Gasteiger charge is 2.23. The number of aromatic nitrogens is 5. The first-order valence-electron chi connectivity index (χ1n) is 35.1. The molecule has 0 aliphatic rings. The van der Waals surface area contributed by atoms with Gasteiger partial charge < -0.3 is 37.8 Å². The van der Waals surface area contributed by atoms with Crippen LogP contribution in [0.5, 0.6) is 11.5 Å². The summed E-state index contributed by atoms with van der Waals surface area (Å²) in [5.41, 5.74) is 18.0. The second-order valence-electron chi connectivity index (χ2n) is 25.8. The molecule has 0 radical (unpaired) electrons. The Hall–Kier alpha value is -14.4. The van der Waals surface area contributed by atoms with E-state index >= 15 is 0 Å². The van der Waals surface area contributed by atoms with Crippen molar-refractivity contribution in [1.82, 2.24) is 25.8 Å². The van der Waals surface area contributed by atoms with Gasteiger partial charge in [-0.2, -0.15) is 15.8 Å². The number of nitrogens with zero attached hydrogens (tertiary/aromatic N) is 8. The fourth-order valence-corrected chi connectivity index (χ4v) is 12.3. The zero-order valence-corrected chi connectivity index (χ0v) is 63.7. The standard InChI is InChI=1S/2C20H16N2O2.C19H15N3O2.C19H17NO3.C12H11NO3S/c2*1-13(23)20-19(14(2)24-22-20)11-15-3-7-17(8-4-15)18-9-5-16(12-21)6-10-18;1-12(23)18-19(13(2)24-22-18)21-17-5-3-4-16(10-17)15-8-6-14(11-20)7-9-15;1-13(21)19-18(14(2)23-20-19)12-15-8-10-17(11-9-15)22-16-6-4-3-5-7-16;1-7-3-5-9(6-4-7)17-11-8(2)16-13-10(11)12(14)15/h2*3-10H,11H2,1-2H3;3-10,21H,1-2H3;3-11H,12H2,1-2H3;3-6H,1-2H3,(H,14,15). The number of nitrogens with one attached hydrogen (secondary N) is 1. The van der Waals surface area contributed by atoms with Crippen molar-refractivity contribution in [3.05, 3.63) is 337 Å². The SMILES string of the molecule is CC(=O)c1noc(C)c1Cc1ccc(-c2ccc(C#N)cc2)cc1.CC(=O)c1noc(C)c1Cc1ccc(-c2ccc(C#N)cc2)cc1.CC(=O)c1noc(C)c1Cc1ccc(Oc2ccccc2)cc1.CC(=O)c1noc(C)c1Nc1cccc(-c2ccc(C#N)cc2)c1.Cc1ccc(Sc2c(C(=O)O)noc2C)cc1. The van der Waals surface area contributed by atoms with Crippen LogP contribution in [0.4, 0.5) is 11.4 Å². The van der Waals surface area contributed by atoms with Crippen molar-refractivity contribution in [3.63, 3.8) is 0 Å². The Morgan fingerprint density at radius 3 is 1.12 bits per heavy atom. The highest BCUT2D eigenvalue weighted by atomic mass is 32.2. The fourth-order valence-electron chi connectivity index (χ4n) is 11.4. The first-order valence-corrected chi connectivity index (χ1v) is 36.0. The van der Waals surface area contributed by atoms with E-state index in [-0.39, 0.29) is 34.5 Å². The molecule has 0 aliphatic heterocycles. The molecule has 2 N–H and O–H groups in total. The number of benzene rings is 9.